The highest BCUT2D eigenvalue weighted by Crippen LogP contribution is 2.18. The molecule has 110 valence electrons. The molecule has 2 aromatic rings. The predicted molar refractivity (Wildman–Crippen MR) is 87.2 cm³/mol. The lowest BCUT2D eigenvalue weighted by Crippen LogP contribution is -2.22. The van der Waals surface area contributed by atoms with Crippen LogP contribution in [0.4, 0.5) is 0 Å². The van der Waals surface area contributed by atoms with Crippen LogP contribution in [-0.4, -0.2) is 30.1 Å². The van der Waals surface area contributed by atoms with Gasteiger partial charge < -0.3 is 4.74 Å². The van der Waals surface area contributed by atoms with Gasteiger partial charge in [0.1, 0.15) is 5.75 Å². The van der Waals surface area contributed by atoms with Gasteiger partial charge in [-0.2, -0.15) is 0 Å². The molecule has 0 amide bonds. The van der Waals surface area contributed by atoms with Crippen molar-refractivity contribution in [1.29, 1.82) is 0 Å². The van der Waals surface area contributed by atoms with Gasteiger partial charge in [0.2, 0.25) is 0 Å². The van der Waals surface area contributed by atoms with E-state index < -0.39 is 0 Å². The second-order valence-electron chi connectivity index (χ2n) is 4.83. The van der Waals surface area contributed by atoms with E-state index in [2.05, 4.69) is 47.2 Å². The zero-order valence-electron chi connectivity index (χ0n) is 12.7. The molecule has 0 bridgehead atoms. The molecule has 1 heterocycles. The van der Waals surface area contributed by atoms with Gasteiger partial charge in [0.05, 0.1) is 7.11 Å². The van der Waals surface area contributed by atoms with Gasteiger partial charge in [0.15, 0.2) is 0 Å². The lowest BCUT2D eigenvalue weighted by Gasteiger charge is -2.18. The van der Waals surface area contributed by atoms with Crippen LogP contribution in [0.2, 0.25) is 0 Å². The van der Waals surface area contributed by atoms with Crippen LogP contribution in [0.5, 0.6) is 5.75 Å². The van der Waals surface area contributed by atoms with E-state index in [0.29, 0.717) is 0 Å². The Labute approximate surface area is 126 Å². The average molecular weight is 282 g/mol. The molecular formula is C18H22N2O. The van der Waals surface area contributed by atoms with Crippen molar-refractivity contribution in [3.8, 4) is 5.75 Å². The summed E-state index contributed by atoms with van der Waals surface area (Å²) in [5.74, 6) is 0.908. The highest BCUT2D eigenvalue weighted by atomic mass is 16.5. The first-order valence-corrected chi connectivity index (χ1v) is 7.24. The Hall–Kier alpha value is -2.13. The van der Waals surface area contributed by atoms with Gasteiger partial charge in [0.25, 0.3) is 0 Å². The Balaban J connectivity index is 1.95. The molecule has 3 heteroatoms. The second kappa shape index (κ2) is 8.22. The number of hydrogen-bond acceptors (Lipinski definition) is 3. The van der Waals surface area contributed by atoms with Crippen molar-refractivity contribution in [2.75, 3.05) is 20.2 Å². The number of methoxy groups -OCH3 is 1. The molecule has 0 atom stereocenters. The minimum absolute atomic E-state index is 0.908. The topological polar surface area (TPSA) is 25.4 Å². The number of likely N-dealkylation sites (N-methyl/N-ethyl adjacent to an activating group) is 1. The molecule has 0 spiro atoms. The summed E-state index contributed by atoms with van der Waals surface area (Å²) in [4.78, 5) is 6.43. The molecule has 21 heavy (non-hydrogen) atoms. The number of aromatic nitrogens is 1. The molecule has 1 aromatic heterocycles. The summed E-state index contributed by atoms with van der Waals surface area (Å²) in [5, 5.41) is 0. The molecule has 0 radical (unpaired) electrons. The van der Waals surface area contributed by atoms with E-state index in [9.17, 15) is 0 Å². The summed E-state index contributed by atoms with van der Waals surface area (Å²) < 4.78 is 5.35. The molecule has 0 aliphatic rings. The molecule has 0 aliphatic carbocycles. The molecule has 0 N–H and O–H groups in total. The average Bonchev–Trinajstić information content (AvgIpc) is 2.55. The minimum atomic E-state index is 0.908. The largest absolute Gasteiger partial charge is 0.496 e. The maximum Gasteiger partial charge on any atom is 0.126 e. The smallest absolute Gasteiger partial charge is 0.126 e. The van der Waals surface area contributed by atoms with Crippen LogP contribution in [0.3, 0.4) is 0 Å². The zero-order chi connectivity index (χ0) is 14.9. The van der Waals surface area contributed by atoms with Crippen molar-refractivity contribution < 1.29 is 4.74 Å². The molecule has 2 rings (SSSR count). The monoisotopic (exact) mass is 282 g/mol. The van der Waals surface area contributed by atoms with Crippen molar-refractivity contribution >= 4 is 6.08 Å². The van der Waals surface area contributed by atoms with Crippen molar-refractivity contribution in [2.24, 2.45) is 0 Å². The van der Waals surface area contributed by atoms with Crippen LogP contribution >= 0.6 is 0 Å². The van der Waals surface area contributed by atoms with E-state index in [1.807, 2.05) is 30.6 Å². The van der Waals surface area contributed by atoms with E-state index in [0.717, 1.165) is 30.9 Å². The summed E-state index contributed by atoms with van der Waals surface area (Å²) in [5.41, 5.74) is 2.40. The van der Waals surface area contributed by atoms with E-state index in [1.54, 1.807) is 7.11 Å². The lowest BCUT2D eigenvalue weighted by atomic mass is 10.2. The van der Waals surface area contributed by atoms with Gasteiger partial charge in [-0.3, -0.25) is 9.88 Å². The Kier molecular flexibility index (Phi) is 5.98. The molecular weight excluding hydrogens is 260 g/mol. The standard InChI is InChI=1S/C18H22N2O/c1-3-20(15-16-10-12-19-13-11-16)14-6-8-17-7-4-5-9-18(17)21-2/h4-13H,3,14-15H2,1-2H3. The van der Waals surface area contributed by atoms with Crippen LogP contribution in [0.25, 0.3) is 6.08 Å². The molecule has 0 fully saturated rings. The van der Waals surface area contributed by atoms with Crippen LogP contribution in [-0.2, 0) is 6.54 Å². The molecule has 0 unspecified atom stereocenters. The zero-order valence-corrected chi connectivity index (χ0v) is 12.7. The lowest BCUT2D eigenvalue weighted by molar-refractivity contribution is 0.311. The van der Waals surface area contributed by atoms with Crippen LogP contribution in [0.15, 0.2) is 54.9 Å². The van der Waals surface area contributed by atoms with Crippen LogP contribution in [0.1, 0.15) is 18.1 Å². The summed E-state index contributed by atoms with van der Waals surface area (Å²) in [7, 11) is 1.70. The van der Waals surface area contributed by atoms with Gasteiger partial charge >= 0.3 is 0 Å². The third-order valence-electron chi connectivity index (χ3n) is 3.40. The fourth-order valence-electron chi connectivity index (χ4n) is 2.18. The van der Waals surface area contributed by atoms with Crippen molar-refractivity contribution in [2.45, 2.75) is 13.5 Å². The van der Waals surface area contributed by atoms with E-state index in [1.165, 1.54) is 5.56 Å². The van der Waals surface area contributed by atoms with Gasteiger partial charge in [0, 0.05) is 31.0 Å². The Bertz CT molecular complexity index is 566. The van der Waals surface area contributed by atoms with Gasteiger partial charge in [-0.1, -0.05) is 37.3 Å². The third-order valence-corrected chi connectivity index (χ3v) is 3.40. The number of pyridine rings is 1. The Morgan fingerprint density at radius 2 is 1.90 bits per heavy atom. The number of rotatable bonds is 7. The van der Waals surface area contributed by atoms with Crippen molar-refractivity contribution in [3.63, 3.8) is 0 Å². The number of benzene rings is 1. The molecule has 3 nitrogen and oxygen atoms in total. The number of ether oxygens (including phenoxy) is 1. The van der Waals surface area contributed by atoms with Crippen LogP contribution in [0, 0.1) is 0 Å². The van der Waals surface area contributed by atoms with Crippen LogP contribution < -0.4 is 4.74 Å². The first-order valence-electron chi connectivity index (χ1n) is 7.24. The van der Waals surface area contributed by atoms with Gasteiger partial charge in [-0.05, 0) is 30.3 Å². The summed E-state index contributed by atoms with van der Waals surface area (Å²) in [6.07, 6.45) is 7.98. The molecule has 0 saturated carbocycles. The predicted octanol–water partition coefficient (Wildman–Crippen LogP) is 3.63. The molecule has 1 aromatic carbocycles. The van der Waals surface area contributed by atoms with Crippen molar-refractivity contribution in [1.82, 2.24) is 9.88 Å². The highest BCUT2D eigenvalue weighted by Gasteiger charge is 2.02. The molecule has 0 aliphatic heterocycles. The normalized spacial score (nSPS) is 11.2. The van der Waals surface area contributed by atoms with Crippen molar-refractivity contribution in [3.05, 3.63) is 66.0 Å². The van der Waals surface area contributed by atoms with E-state index in [-0.39, 0.29) is 0 Å². The van der Waals surface area contributed by atoms with Gasteiger partial charge in [-0.15, -0.1) is 0 Å². The highest BCUT2D eigenvalue weighted by molar-refractivity contribution is 5.57. The quantitative estimate of drug-likeness (QED) is 0.775. The van der Waals surface area contributed by atoms with Gasteiger partial charge in [-0.25, -0.2) is 0 Å². The Morgan fingerprint density at radius 3 is 2.62 bits per heavy atom. The number of nitrogens with zero attached hydrogens (tertiary/aromatic N) is 2. The maximum absolute atomic E-state index is 5.35. The number of para-hydroxylation sites is 1. The SMILES string of the molecule is CCN(CC=Cc1ccccc1OC)Cc1ccncc1. The van der Waals surface area contributed by atoms with E-state index >= 15 is 0 Å². The Morgan fingerprint density at radius 1 is 1.14 bits per heavy atom. The fourth-order valence-corrected chi connectivity index (χ4v) is 2.18. The second-order valence-corrected chi connectivity index (χ2v) is 4.83. The summed E-state index contributed by atoms with van der Waals surface area (Å²) in [6.45, 7) is 5.04. The maximum atomic E-state index is 5.35. The third kappa shape index (κ3) is 4.72. The first-order chi connectivity index (χ1) is 10.3. The fraction of sp³-hybridized carbons (Fsp3) is 0.278. The van der Waals surface area contributed by atoms with E-state index in [4.69, 9.17) is 4.74 Å². The first kappa shape index (κ1) is 15.3. The molecule has 0 saturated heterocycles. The number of hydrogen-bond donors (Lipinski definition) is 0. The summed E-state index contributed by atoms with van der Waals surface area (Å²) in [6, 6.07) is 12.2. The minimum Gasteiger partial charge on any atom is -0.496 e. The summed E-state index contributed by atoms with van der Waals surface area (Å²) >= 11 is 0.